The molecule has 7 aromatic carbocycles. The summed E-state index contributed by atoms with van der Waals surface area (Å²) < 4.78 is 2.23. The number of benzene rings is 7. The quantitative estimate of drug-likeness (QED) is 0.172. The summed E-state index contributed by atoms with van der Waals surface area (Å²) in [6, 6.07) is 67.2. The fourth-order valence-electron chi connectivity index (χ4n) is 6.76. The van der Waals surface area contributed by atoms with E-state index in [2.05, 4.69) is 156 Å². The number of fused-ring (bicyclic) bond motifs is 1. The lowest BCUT2D eigenvalue weighted by Gasteiger charge is -2.17. The molecule has 0 unspecified atom stereocenters. The van der Waals surface area contributed by atoms with Gasteiger partial charge in [-0.3, -0.25) is 4.57 Å². The molecule has 9 aromatic rings. The lowest BCUT2D eigenvalue weighted by atomic mass is 9.93. The second-order valence-electron chi connectivity index (χ2n) is 12.5. The van der Waals surface area contributed by atoms with Gasteiger partial charge in [-0.1, -0.05) is 170 Å². The van der Waals surface area contributed by atoms with E-state index in [-0.39, 0.29) is 0 Å². The van der Waals surface area contributed by atoms with Crippen molar-refractivity contribution in [1.29, 1.82) is 0 Å². The molecule has 0 atom stereocenters. The highest BCUT2D eigenvalue weighted by molar-refractivity contribution is 5.92. The predicted octanol–water partition coefficient (Wildman–Crippen LogP) is 11.8. The van der Waals surface area contributed by atoms with Crippen LogP contribution in [0.3, 0.4) is 0 Å². The van der Waals surface area contributed by atoms with Gasteiger partial charge in [-0.25, -0.2) is 15.0 Å². The van der Waals surface area contributed by atoms with Crippen molar-refractivity contribution in [3.8, 4) is 73.2 Å². The summed E-state index contributed by atoms with van der Waals surface area (Å²) in [6.07, 6.45) is 0. The summed E-state index contributed by atoms with van der Waals surface area (Å²) in [4.78, 5) is 15.5. The van der Waals surface area contributed by atoms with Gasteiger partial charge in [0.2, 0.25) is 0 Å². The van der Waals surface area contributed by atoms with Crippen molar-refractivity contribution >= 4 is 11.0 Å². The molecule has 0 saturated heterocycles. The lowest BCUT2D eigenvalue weighted by molar-refractivity contribution is 1.10. The zero-order valence-electron chi connectivity index (χ0n) is 27.8. The normalized spacial score (nSPS) is 11.1. The molecular weight excluding hydrogens is 621 g/mol. The number of nitrogens with zero attached hydrogens (tertiary/aromatic N) is 4. The van der Waals surface area contributed by atoms with Gasteiger partial charge >= 0.3 is 0 Å². The maximum atomic E-state index is 5.25. The summed E-state index contributed by atoms with van der Waals surface area (Å²) in [7, 11) is 0. The number of hydrogen-bond donors (Lipinski definition) is 0. The van der Waals surface area contributed by atoms with Crippen LogP contribution in [-0.2, 0) is 0 Å². The van der Waals surface area contributed by atoms with E-state index in [0.717, 1.165) is 78.4 Å². The largest absolute Gasteiger partial charge is 0.292 e. The van der Waals surface area contributed by atoms with Crippen molar-refractivity contribution in [2.45, 2.75) is 0 Å². The minimum atomic E-state index is 0.699. The molecule has 0 aliphatic rings. The van der Waals surface area contributed by atoms with E-state index in [1.54, 1.807) is 0 Å². The van der Waals surface area contributed by atoms with Crippen LogP contribution in [0.5, 0.6) is 0 Å². The van der Waals surface area contributed by atoms with Gasteiger partial charge in [-0.05, 0) is 41.0 Å². The first-order valence-corrected chi connectivity index (χ1v) is 17.1. The molecule has 0 N–H and O–H groups in total. The zero-order chi connectivity index (χ0) is 34.0. The molecule has 0 radical (unpaired) electrons. The first kappa shape index (κ1) is 30.2. The Morgan fingerprint density at radius 2 is 0.745 bits per heavy atom. The molecule has 0 bridgehead atoms. The Morgan fingerprint density at radius 1 is 0.314 bits per heavy atom. The van der Waals surface area contributed by atoms with Gasteiger partial charge in [0, 0.05) is 33.5 Å². The van der Waals surface area contributed by atoms with E-state index >= 15 is 0 Å². The third-order valence-electron chi connectivity index (χ3n) is 9.26. The van der Waals surface area contributed by atoms with Crippen molar-refractivity contribution in [1.82, 2.24) is 19.5 Å². The molecule has 4 nitrogen and oxygen atoms in total. The molecule has 2 heterocycles. The van der Waals surface area contributed by atoms with Crippen molar-refractivity contribution in [3.05, 3.63) is 194 Å². The SMILES string of the molecule is c1ccc(-c2nc(-c3ccccc3)c(-c3ccccc3)c(-c3ccc(-c4ccc(-c5nc6ccccc6n5-c5ccccc5)cc4)cc3)n2)cc1. The Morgan fingerprint density at radius 3 is 1.33 bits per heavy atom. The monoisotopic (exact) mass is 652 g/mol. The van der Waals surface area contributed by atoms with E-state index in [0.29, 0.717) is 5.82 Å². The highest BCUT2D eigenvalue weighted by Gasteiger charge is 2.20. The smallest absolute Gasteiger partial charge is 0.160 e. The number of rotatable bonds is 7. The van der Waals surface area contributed by atoms with E-state index in [9.17, 15) is 0 Å². The van der Waals surface area contributed by atoms with Gasteiger partial charge in [0.1, 0.15) is 5.82 Å². The zero-order valence-corrected chi connectivity index (χ0v) is 27.8. The number of hydrogen-bond acceptors (Lipinski definition) is 3. The number of aromatic nitrogens is 4. The fraction of sp³-hybridized carbons (Fsp3) is 0. The van der Waals surface area contributed by atoms with Gasteiger partial charge in [0.15, 0.2) is 5.82 Å². The van der Waals surface area contributed by atoms with E-state index in [1.165, 1.54) is 0 Å². The van der Waals surface area contributed by atoms with E-state index in [4.69, 9.17) is 15.0 Å². The maximum Gasteiger partial charge on any atom is 0.160 e. The van der Waals surface area contributed by atoms with Crippen LogP contribution in [0.15, 0.2) is 194 Å². The molecule has 4 heteroatoms. The van der Waals surface area contributed by atoms with E-state index in [1.807, 2.05) is 42.5 Å². The molecule has 51 heavy (non-hydrogen) atoms. The summed E-state index contributed by atoms with van der Waals surface area (Å²) in [5.41, 5.74) is 13.4. The lowest BCUT2D eigenvalue weighted by Crippen LogP contribution is -2.00. The molecule has 0 amide bonds. The predicted molar refractivity (Wildman–Crippen MR) is 209 cm³/mol. The molecule has 0 spiro atoms. The molecule has 240 valence electrons. The van der Waals surface area contributed by atoms with Crippen LogP contribution in [0.25, 0.3) is 84.3 Å². The molecule has 0 aliphatic heterocycles. The molecule has 0 saturated carbocycles. The minimum Gasteiger partial charge on any atom is -0.292 e. The third-order valence-corrected chi connectivity index (χ3v) is 9.26. The average Bonchev–Trinajstić information content (AvgIpc) is 3.62. The Balaban J connectivity index is 1.13. The van der Waals surface area contributed by atoms with Crippen LogP contribution in [0.4, 0.5) is 0 Å². The van der Waals surface area contributed by atoms with Crippen molar-refractivity contribution in [2.24, 2.45) is 0 Å². The standard InChI is InChI=1S/C47H32N4/c1-5-15-35(16-6-1)43-44(36-17-7-2-8-18-36)49-46(38-19-9-3-10-20-38)50-45(43)37-29-25-33(26-30-37)34-27-31-39(32-28-34)47-48-41-23-13-14-24-42(41)51(47)40-21-11-4-12-22-40/h1-32H. The molecular formula is C47H32N4. The van der Waals surface area contributed by atoms with Gasteiger partial charge in [0.05, 0.1) is 22.4 Å². The summed E-state index contributed by atoms with van der Waals surface area (Å²) in [5.74, 6) is 1.62. The first-order chi connectivity index (χ1) is 25.3. The highest BCUT2D eigenvalue weighted by Crippen LogP contribution is 2.40. The topological polar surface area (TPSA) is 43.6 Å². The van der Waals surface area contributed by atoms with Crippen molar-refractivity contribution in [3.63, 3.8) is 0 Å². The van der Waals surface area contributed by atoms with Crippen molar-refractivity contribution in [2.75, 3.05) is 0 Å². The van der Waals surface area contributed by atoms with Crippen LogP contribution in [0.1, 0.15) is 0 Å². The molecule has 2 aromatic heterocycles. The number of para-hydroxylation sites is 3. The van der Waals surface area contributed by atoms with Crippen LogP contribution in [-0.4, -0.2) is 19.5 Å². The van der Waals surface area contributed by atoms with Gasteiger partial charge in [-0.15, -0.1) is 0 Å². The van der Waals surface area contributed by atoms with Crippen LogP contribution < -0.4 is 0 Å². The Labute approximate surface area is 297 Å². The van der Waals surface area contributed by atoms with Gasteiger partial charge in [0.25, 0.3) is 0 Å². The fourth-order valence-corrected chi connectivity index (χ4v) is 6.76. The molecule has 0 aliphatic carbocycles. The van der Waals surface area contributed by atoms with Crippen LogP contribution in [0.2, 0.25) is 0 Å². The summed E-state index contributed by atoms with van der Waals surface area (Å²) >= 11 is 0. The van der Waals surface area contributed by atoms with Crippen LogP contribution >= 0.6 is 0 Å². The second-order valence-corrected chi connectivity index (χ2v) is 12.5. The Hall–Kier alpha value is -6.91. The minimum absolute atomic E-state index is 0.699. The Kier molecular flexibility index (Phi) is 7.80. The van der Waals surface area contributed by atoms with Crippen LogP contribution in [0, 0.1) is 0 Å². The average molecular weight is 653 g/mol. The summed E-state index contributed by atoms with van der Waals surface area (Å²) in [5, 5.41) is 0. The van der Waals surface area contributed by atoms with Gasteiger partial charge < -0.3 is 0 Å². The van der Waals surface area contributed by atoms with E-state index < -0.39 is 0 Å². The second kappa shape index (κ2) is 13.2. The Bertz CT molecular complexity index is 2580. The van der Waals surface area contributed by atoms with Gasteiger partial charge in [-0.2, -0.15) is 0 Å². The first-order valence-electron chi connectivity index (χ1n) is 17.1. The van der Waals surface area contributed by atoms with Crippen molar-refractivity contribution < 1.29 is 0 Å². The molecule has 9 rings (SSSR count). The highest BCUT2D eigenvalue weighted by atomic mass is 15.1. The maximum absolute atomic E-state index is 5.25. The summed E-state index contributed by atoms with van der Waals surface area (Å²) in [6.45, 7) is 0. The number of imidazole rings is 1. The molecule has 0 fully saturated rings. The third kappa shape index (κ3) is 5.79.